The minimum absolute atomic E-state index is 0.131. The summed E-state index contributed by atoms with van der Waals surface area (Å²) in [5.41, 5.74) is 6.01. The molecular formula is C13H19N3OS. The first-order valence-corrected chi connectivity index (χ1v) is 6.95. The highest BCUT2D eigenvalue weighted by Crippen LogP contribution is 2.31. The van der Waals surface area contributed by atoms with Gasteiger partial charge in [0, 0.05) is 6.54 Å². The van der Waals surface area contributed by atoms with Crippen molar-refractivity contribution in [3.05, 3.63) is 23.4 Å². The summed E-state index contributed by atoms with van der Waals surface area (Å²) in [6.07, 6.45) is 0.940. The monoisotopic (exact) mass is 265 g/mol. The second-order valence-electron chi connectivity index (χ2n) is 5.63. The third-order valence-electron chi connectivity index (χ3n) is 2.68. The van der Waals surface area contributed by atoms with Gasteiger partial charge < -0.3 is 10.3 Å². The van der Waals surface area contributed by atoms with Crippen LogP contribution in [-0.4, -0.2) is 16.7 Å². The Morgan fingerprint density at radius 3 is 2.78 bits per heavy atom. The third kappa shape index (κ3) is 3.17. The van der Waals surface area contributed by atoms with Crippen LogP contribution >= 0.6 is 11.3 Å². The van der Waals surface area contributed by atoms with Gasteiger partial charge in [0.05, 0.1) is 10.8 Å². The van der Waals surface area contributed by atoms with E-state index in [1.54, 1.807) is 11.3 Å². The van der Waals surface area contributed by atoms with Crippen LogP contribution in [0.1, 0.15) is 39.0 Å². The van der Waals surface area contributed by atoms with E-state index < -0.39 is 0 Å². The van der Waals surface area contributed by atoms with Crippen molar-refractivity contribution >= 4 is 11.3 Å². The van der Waals surface area contributed by atoms with Crippen molar-refractivity contribution in [3.8, 4) is 10.7 Å². The molecule has 0 bridgehead atoms. The van der Waals surface area contributed by atoms with Crippen LogP contribution in [0.15, 0.2) is 22.0 Å². The maximum Gasteiger partial charge on any atom is 0.231 e. The summed E-state index contributed by atoms with van der Waals surface area (Å²) < 4.78 is 5.35. The van der Waals surface area contributed by atoms with Crippen LogP contribution < -0.4 is 5.73 Å². The highest BCUT2D eigenvalue weighted by atomic mass is 32.1. The summed E-state index contributed by atoms with van der Waals surface area (Å²) in [6, 6.07) is 3.96. The van der Waals surface area contributed by atoms with Crippen molar-refractivity contribution in [2.45, 2.75) is 33.1 Å². The van der Waals surface area contributed by atoms with E-state index in [1.807, 2.05) is 17.5 Å². The minimum Gasteiger partial charge on any atom is -0.339 e. The maximum atomic E-state index is 5.81. The molecule has 2 rings (SSSR count). The van der Waals surface area contributed by atoms with Crippen LogP contribution in [0, 0.1) is 5.41 Å². The molecule has 1 atom stereocenters. The van der Waals surface area contributed by atoms with E-state index in [-0.39, 0.29) is 11.3 Å². The molecule has 0 radical (unpaired) electrons. The Bertz CT molecular complexity index is 485. The molecule has 4 nitrogen and oxygen atoms in total. The number of aromatic nitrogens is 2. The largest absolute Gasteiger partial charge is 0.339 e. The normalized spacial score (nSPS) is 13.8. The Morgan fingerprint density at radius 2 is 2.22 bits per heavy atom. The summed E-state index contributed by atoms with van der Waals surface area (Å²) in [7, 11) is 0. The predicted octanol–water partition coefficient (Wildman–Crippen LogP) is 3.28. The molecule has 1 unspecified atom stereocenters. The van der Waals surface area contributed by atoms with Gasteiger partial charge in [-0.15, -0.1) is 11.3 Å². The van der Waals surface area contributed by atoms with E-state index >= 15 is 0 Å². The SMILES string of the molecule is CC(C)(C)CC(CN)c1nc(-c2cccs2)no1. The van der Waals surface area contributed by atoms with E-state index in [4.69, 9.17) is 10.3 Å². The summed E-state index contributed by atoms with van der Waals surface area (Å²) in [5.74, 6) is 1.44. The molecule has 0 amide bonds. The van der Waals surface area contributed by atoms with Gasteiger partial charge in [0.25, 0.3) is 0 Å². The molecule has 0 aliphatic carbocycles. The smallest absolute Gasteiger partial charge is 0.231 e. The van der Waals surface area contributed by atoms with E-state index in [9.17, 15) is 0 Å². The molecule has 2 aromatic rings. The third-order valence-corrected chi connectivity index (χ3v) is 3.54. The van der Waals surface area contributed by atoms with Crippen molar-refractivity contribution in [1.29, 1.82) is 0 Å². The number of rotatable bonds is 4. The molecule has 2 aromatic heterocycles. The van der Waals surface area contributed by atoms with Crippen molar-refractivity contribution in [1.82, 2.24) is 10.1 Å². The van der Waals surface area contributed by atoms with Crippen LogP contribution in [0.2, 0.25) is 0 Å². The standard InChI is InChI=1S/C13H19N3OS/c1-13(2,3)7-9(8-14)12-15-11(16-17-12)10-5-4-6-18-10/h4-6,9H,7-8,14H2,1-3H3. The predicted molar refractivity (Wildman–Crippen MR) is 73.5 cm³/mol. The van der Waals surface area contributed by atoms with Crippen molar-refractivity contribution < 1.29 is 4.52 Å². The Balaban J connectivity index is 2.18. The quantitative estimate of drug-likeness (QED) is 0.921. The number of hydrogen-bond donors (Lipinski definition) is 1. The average Bonchev–Trinajstić information content (AvgIpc) is 2.94. The Labute approximate surface area is 111 Å². The number of thiophene rings is 1. The molecule has 0 fully saturated rings. The highest BCUT2D eigenvalue weighted by Gasteiger charge is 2.24. The topological polar surface area (TPSA) is 64.9 Å². The first-order valence-electron chi connectivity index (χ1n) is 6.07. The van der Waals surface area contributed by atoms with Gasteiger partial charge in [-0.2, -0.15) is 4.98 Å². The number of nitrogens with two attached hydrogens (primary N) is 1. The van der Waals surface area contributed by atoms with Gasteiger partial charge in [0.2, 0.25) is 11.7 Å². The van der Waals surface area contributed by atoms with E-state index in [0.29, 0.717) is 18.3 Å². The molecule has 0 saturated heterocycles. The molecule has 5 heteroatoms. The average molecular weight is 265 g/mol. The van der Waals surface area contributed by atoms with Crippen molar-refractivity contribution in [2.75, 3.05) is 6.54 Å². The van der Waals surface area contributed by atoms with Crippen LogP contribution in [0.4, 0.5) is 0 Å². The molecule has 0 aromatic carbocycles. The maximum absolute atomic E-state index is 5.81. The van der Waals surface area contributed by atoms with Gasteiger partial charge >= 0.3 is 0 Å². The van der Waals surface area contributed by atoms with Crippen LogP contribution in [0.3, 0.4) is 0 Å². The Morgan fingerprint density at radius 1 is 1.44 bits per heavy atom. The first kappa shape index (κ1) is 13.2. The first-order chi connectivity index (χ1) is 8.49. The zero-order valence-electron chi connectivity index (χ0n) is 11.0. The van der Waals surface area contributed by atoms with Gasteiger partial charge in [0.15, 0.2) is 0 Å². The summed E-state index contributed by atoms with van der Waals surface area (Å²) in [6.45, 7) is 7.09. The lowest BCUT2D eigenvalue weighted by molar-refractivity contribution is 0.287. The van der Waals surface area contributed by atoms with Gasteiger partial charge in [-0.05, 0) is 23.3 Å². The van der Waals surface area contributed by atoms with E-state index in [0.717, 1.165) is 11.3 Å². The summed E-state index contributed by atoms with van der Waals surface area (Å²) >= 11 is 1.61. The fraction of sp³-hybridized carbons (Fsp3) is 0.538. The van der Waals surface area contributed by atoms with Crippen molar-refractivity contribution in [3.63, 3.8) is 0 Å². The fourth-order valence-corrected chi connectivity index (χ4v) is 2.57. The van der Waals surface area contributed by atoms with Gasteiger partial charge in [0.1, 0.15) is 0 Å². The molecule has 2 heterocycles. The number of nitrogens with zero attached hydrogens (tertiary/aromatic N) is 2. The molecule has 0 aliphatic heterocycles. The zero-order chi connectivity index (χ0) is 13.2. The lowest BCUT2D eigenvalue weighted by Gasteiger charge is -2.22. The summed E-state index contributed by atoms with van der Waals surface area (Å²) in [5, 5.41) is 6.03. The molecule has 0 saturated carbocycles. The van der Waals surface area contributed by atoms with Gasteiger partial charge in [-0.3, -0.25) is 0 Å². The van der Waals surface area contributed by atoms with Gasteiger partial charge in [-0.25, -0.2) is 0 Å². The van der Waals surface area contributed by atoms with E-state index in [2.05, 4.69) is 30.9 Å². The highest BCUT2D eigenvalue weighted by molar-refractivity contribution is 7.13. The van der Waals surface area contributed by atoms with Crippen molar-refractivity contribution in [2.24, 2.45) is 11.1 Å². The second kappa shape index (κ2) is 5.20. The van der Waals surface area contributed by atoms with E-state index in [1.165, 1.54) is 0 Å². The summed E-state index contributed by atoms with van der Waals surface area (Å²) in [4.78, 5) is 5.49. The lowest BCUT2D eigenvalue weighted by atomic mass is 9.84. The molecule has 0 spiro atoms. The minimum atomic E-state index is 0.131. The lowest BCUT2D eigenvalue weighted by Crippen LogP contribution is -2.19. The molecule has 98 valence electrons. The molecular weight excluding hydrogens is 246 g/mol. The van der Waals surface area contributed by atoms with Crippen LogP contribution in [0.5, 0.6) is 0 Å². The molecule has 0 aliphatic rings. The molecule has 2 N–H and O–H groups in total. The Hall–Kier alpha value is -1.20. The van der Waals surface area contributed by atoms with Crippen LogP contribution in [-0.2, 0) is 0 Å². The van der Waals surface area contributed by atoms with Crippen LogP contribution in [0.25, 0.3) is 10.7 Å². The zero-order valence-corrected chi connectivity index (χ0v) is 11.8. The fourth-order valence-electron chi connectivity index (χ4n) is 1.92. The molecule has 18 heavy (non-hydrogen) atoms. The Kier molecular flexibility index (Phi) is 3.82. The second-order valence-corrected chi connectivity index (χ2v) is 6.58. The van der Waals surface area contributed by atoms with Gasteiger partial charge in [-0.1, -0.05) is 32.0 Å². The number of hydrogen-bond acceptors (Lipinski definition) is 5.